The van der Waals surface area contributed by atoms with Gasteiger partial charge in [0, 0.05) is 32.6 Å². The van der Waals surface area contributed by atoms with Crippen LogP contribution in [0.2, 0.25) is 0 Å². The molecule has 2 amide bonds. The Labute approximate surface area is 228 Å². The molecule has 9 heteroatoms. The molecule has 204 valence electrons. The zero-order chi connectivity index (χ0) is 27.8. The lowest BCUT2D eigenvalue weighted by Gasteiger charge is -2.24. The summed E-state index contributed by atoms with van der Waals surface area (Å²) in [6.07, 6.45) is 1.59. The highest BCUT2D eigenvalue weighted by molar-refractivity contribution is 5.82. The lowest BCUT2D eigenvalue weighted by Crippen LogP contribution is -2.45. The van der Waals surface area contributed by atoms with Crippen molar-refractivity contribution >= 4 is 17.5 Å². The zero-order valence-corrected chi connectivity index (χ0v) is 22.3. The van der Waals surface area contributed by atoms with Crippen LogP contribution < -0.4 is 15.4 Å². The molecule has 0 unspecified atom stereocenters. The van der Waals surface area contributed by atoms with Crippen LogP contribution in [-0.4, -0.2) is 47.3 Å². The number of nitrogens with one attached hydrogen (secondary N) is 2. The fraction of sp³-hybridized carbons (Fsp3) is 0.333. The highest BCUT2D eigenvalue weighted by atomic mass is 16.6. The van der Waals surface area contributed by atoms with Gasteiger partial charge in [0.15, 0.2) is 5.75 Å². The molecule has 3 aromatic carbocycles. The first-order valence-electron chi connectivity index (χ1n) is 13.1. The normalized spacial score (nSPS) is 15.1. The Bertz CT molecular complexity index is 1330. The molecular formula is C30H34N4O5. The van der Waals surface area contributed by atoms with Crippen molar-refractivity contribution in [3.05, 3.63) is 93.5 Å². The number of benzene rings is 3. The topological polar surface area (TPSA) is 114 Å². The van der Waals surface area contributed by atoms with Crippen LogP contribution in [0.4, 0.5) is 5.69 Å². The second-order valence-electron chi connectivity index (χ2n) is 9.71. The lowest BCUT2D eigenvalue weighted by molar-refractivity contribution is -0.386. The number of ether oxygens (including phenoxy) is 1. The van der Waals surface area contributed by atoms with Gasteiger partial charge < -0.3 is 15.4 Å². The highest BCUT2D eigenvalue weighted by Gasteiger charge is 2.31. The van der Waals surface area contributed by atoms with Crippen LogP contribution in [0.5, 0.6) is 5.75 Å². The zero-order valence-electron chi connectivity index (χ0n) is 22.3. The van der Waals surface area contributed by atoms with Crippen LogP contribution in [0.1, 0.15) is 36.5 Å². The molecule has 0 bridgehead atoms. The van der Waals surface area contributed by atoms with E-state index in [0.717, 1.165) is 47.2 Å². The van der Waals surface area contributed by atoms with E-state index in [1.54, 1.807) is 6.07 Å². The molecular weight excluding hydrogens is 496 g/mol. The Morgan fingerprint density at radius 2 is 1.82 bits per heavy atom. The molecule has 2 N–H and O–H groups in total. The first-order chi connectivity index (χ1) is 18.8. The van der Waals surface area contributed by atoms with Crippen molar-refractivity contribution in [3.63, 3.8) is 0 Å². The minimum Gasteiger partial charge on any atom is -0.482 e. The van der Waals surface area contributed by atoms with Gasteiger partial charge in [-0.15, -0.1) is 0 Å². The van der Waals surface area contributed by atoms with Crippen LogP contribution >= 0.6 is 0 Å². The van der Waals surface area contributed by atoms with E-state index in [9.17, 15) is 19.7 Å². The Morgan fingerprint density at radius 3 is 2.56 bits per heavy atom. The second kappa shape index (κ2) is 13.0. The molecule has 0 saturated carbocycles. The van der Waals surface area contributed by atoms with Gasteiger partial charge in [0.05, 0.1) is 11.0 Å². The van der Waals surface area contributed by atoms with Crippen molar-refractivity contribution in [1.82, 2.24) is 15.5 Å². The average Bonchev–Trinajstić information content (AvgIpc) is 3.39. The molecule has 1 saturated heterocycles. The third-order valence-corrected chi connectivity index (χ3v) is 6.98. The molecule has 1 aliphatic heterocycles. The van der Waals surface area contributed by atoms with Gasteiger partial charge in [0.25, 0.3) is 0 Å². The smallest absolute Gasteiger partial charge is 0.311 e. The maximum absolute atomic E-state index is 12.7. The van der Waals surface area contributed by atoms with Crippen molar-refractivity contribution in [2.45, 2.75) is 45.9 Å². The van der Waals surface area contributed by atoms with Crippen molar-refractivity contribution in [1.29, 1.82) is 0 Å². The van der Waals surface area contributed by atoms with Crippen LogP contribution in [0.3, 0.4) is 0 Å². The molecule has 9 nitrogen and oxygen atoms in total. The SMILES string of the molecule is CC(=O)NCCNC(=O)[C@@H]1CCCN1Cc1ccc(OCc2cccc(-c3ccccc3)c2C)c([N+](=O)[O-])c1. The predicted octanol–water partition coefficient (Wildman–Crippen LogP) is 4.37. The summed E-state index contributed by atoms with van der Waals surface area (Å²) in [5.41, 5.74) is 4.88. The fourth-order valence-corrected chi connectivity index (χ4v) is 4.94. The van der Waals surface area contributed by atoms with Gasteiger partial charge in [-0.2, -0.15) is 0 Å². The summed E-state index contributed by atoms with van der Waals surface area (Å²) in [7, 11) is 0. The molecule has 3 aromatic rings. The number of rotatable bonds is 11. The van der Waals surface area contributed by atoms with Crippen LogP contribution in [0, 0.1) is 17.0 Å². The summed E-state index contributed by atoms with van der Waals surface area (Å²) in [4.78, 5) is 37.2. The number of nitro groups is 1. The minimum atomic E-state index is -0.428. The van der Waals surface area contributed by atoms with E-state index in [1.807, 2.05) is 48.2 Å². The number of carbonyl (C=O) groups excluding carboxylic acids is 2. The largest absolute Gasteiger partial charge is 0.482 e. The number of nitro benzene ring substituents is 1. The number of likely N-dealkylation sites (tertiary alicyclic amines) is 1. The summed E-state index contributed by atoms with van der Waals surface area (Å²) in [6.45, 7) is 5.54. The molecule has 0 aliphatic carbocycles. The van der Waals surface area contributed by atoms with Crippen molar-refractivity contribution in [2.75, 3.05) is 19.6 Å². The van der Waals surface area contributed by atoms with Gasteiger partial charge in [-0.25, -0.2) is 0 Å². The maximum Gasteiger partial charge on any atom is 0.311 e. The van der Waals surface area contributed by atoms with Gasteiger partial charge in [-0.05, 0) is 60.2 Å². The summed E-state index contributed by atoms with van der Waals surface area (Å²) in [6, 6.07) is 20.7. The van der Waals surface area contributed by atoms with Gasteiger partial charge in [-0.1, -0.05) is 54.6 Å². The Hall–Kier alpha value is -4.24. The van der Waals surface area contributed by atoms with E-state index in [1.165, 1.54) is 13.0 Å². The van der Waals surface area contributed by atoms with Crippen LogP contribution in [0.25, 0.3) is 11.1 Å². The summed E-state index contributed by atoms with van der Waals surface area (Å²) in [5, 5.41) is 17.4. The molecule has 1 fully saturated rings. The fourth-order valence-electron chi connectivity index (χ4n) is 4.94. The number of carbonyl (C=O) groups is 2. The van der Waals surface area contributed by atoms with Gasteiger partial charge in [0.2, 0.25) is 11.8 Å². The van der Waals surface area contributed by atoms with E-state index >= 15 is 0 Å². The summed E-state index contributed by atoms with van der Waals surface area (Å²) >= 11 is 0. The van der Waals surface area contributed by atoms with E-state index in [2.05, 4.69) is 28.8 Å². The average molecular weight is 531 g/mol. The van der Waals surface area contributed by atoms with E-state index in [-0.39, 0.29) is 35.9 Å². The Kier molecular flexibility index (Phi) is 9.27. The minimum absolute atomic E-state index is 0.0968. The number of hydrogen-bond acceptors (Lipinski definition) is 6. The quantitative estimate of drug-likeness (QED) is 0.216. The van der Waals surface area contributed by atoms with E-state index < -0.39 is 4.92 Å². The third kappa shape index (κ3) is 7.20. The van der Waals surface area contributed by atoms with Crippen LogP contribution in [-0.2, 0) is 22.7 Å². The number of nitrogens with zero attached hydrogens (tertiary/aromatic N) is 2. The first kappa shape index (κ1) is 27.8. The van der Waals surface area contributed by atoms with Gasteiger partial charge in [0.1, 0.15) is 6.61 Å². The summed E-state index contributed by atoms with van der Waals surface area (Å²) < 4.78 is 5.96. The summed E-state index contributed by atoms with van der Waals surface area (Å²) in [5.74, 6) is -0.0287. The van der Waals surface area contributed by atoms with Crippen molar-refractivity contribution in [2.24, 2.45) is 0 Å². The molecule has 0 spiro atoms. The predicted molar refractivity (Wildman–Crippen MR) is 149 cm³/mol. The lowest BCUT2D eigenvalue weighted by atomic mass is 9.97. The van der Waals surface area contributed by atoms with E-state index in [0.29, 0.717) is 19.6 Å². The standard InChI is InChI=1S/C30H34N4O5/c1-21-25(10-6-11-26(21)24-8-4-3-5-9-24)20-39-29-14-13-23(18-28(29)34(37)38)19-33-17-7-12-27(33)30(36)32-16-15-31-22(2)35/h3-6,8-11,13-14,18,27H,7,12,15-17,19-20H2,1-2H3,(H,31,35)(H,32,36)/t27-/m0/s1. The van der Waals surface area contributed by atoms with Crippen molar-refractivity contribution in [3.8, 4) is 16.9 Å². The second-order valence-corrected chi connectivity index (χ2v) is 9.71. The monoisotopic (exact) mass is 530 g/mol. The Balaban J connectivity index is 1.42. The van der Waals surface area contributed by atoms with Gasteiger partial charge in [-0.3, -0.25) is 24.6 Å². The molecule has 39 heavy (non-hydrogen) atoms. The molecule has 4 rings (SSSR count). The third-order valence-electron chi connectivity index (χ3n) is 6.98. The van der Waals surface area contributed by atoms with Crippen molar-refractivity contribution < 1.29 is 19.2 Å². The molecule has 1 heterocycles. The first-order valence-corrected chi connectivity index (χ1v) is 13.1. The number of hydrogen-bond donors (Lipinski definition) is 2. The molecule has 1 atom stereocenters. The highest BCUT2D eigenvalue weighted by Crippen LogP contribution is 2.32. The van der Waals surface area contributed by atoms with Crippen LogP contribution in [0.15, 0.2) is 66.7 Å². The Morgan fingerprint density at radius 1 is 1.05 bits per heavy atom. The molecule has 0 aromatic heterocycles. The number of amides is 2. The molecule has 0 radical (unpaired) electrons. The van der Waals surface area contributed by atoms with Gasteiger partial charge >= 0.3 is 5.69 Å². The maximum atomic E-state index is 12.7. The van der Waals surface area contributed by atoms with E-state index in [4.69, 9.17) is 4.74 Å². The molecule has 1 aliphatic rings.